The molecule has 1 N–H and O–H groups in total. The summed E-state index contributed by atoms with van der Waals surface area (Å²) in [6.45, 7) is 2.45. The number of nitrogens with one attached hydrogen (secondary N) is 1. The number of rotatable bonds is 5. The molecule has 0 aliphatic carbocycles. The topological polar surface area (TPSA) is 56.1 Å². The third kappa shape index (κ3) is 3.18. The number of benzene rings is 1. The molecule has 106 valence electrons. The molecule has 1 atom stereocenters. The van der Waals surface area contributed by atoms with Gasteiger partial charge >= 0.3 is 0 Å². The monoisotopic (exact) mass is 293 g/mol. The number of methoxy groups -OCH3 is 1. The van der Waals surface area contributed by atoms with Crippen molar-refractivity contribution in [2.75, 3.05) is 19.0 Å². The Morgan fingerprint density at radius 1 is 1.40 bits per heavy atom. The van der Waals surface area contributed by atoms with Gasteiger partial charge in [0.2, 0.25) is 0 Å². The van der Waals surface area contributed by atoms with Gasteiger partial charge in [-0.05, 0) is 19.1 Å². The molecule has 1 heterocycles. The van der Waals surface area contributed by atoms with Gasteiger partial charge in [0.1, 0.15) is 5.02 Å². The number of nitrogens with zero attached hydrogens (tertiary/aromatic N) is 2. The van der Waals surface area contributed by atoms with Crippen LogP contribution in [0, 0.1) is 0 Å². The lowest BCUT2D eigenvalue weighted by Crippen LogP contribution is -2.26. The Hall–Kier alpha value is -1.85. The Kier molecular flexibility index (Phi) is 4.76. The molecular formula is C14H16ClN3O2. The fourth-order valence-electron chi connectivity index (χ4n) is 1.84. The molecule has 0 saturated heterocycles. The maximum absolute atomic E-state index is 12.2. The van der Waals surface area contributed by atoms with Crippen molar-refractivity contribution in [3.8, 4) is 5.69 Å². The lowest BCUT2D eigenvalue weighted by Gasteiger charge is -2.15. The molecule has 2 aromatic rings. The van der Waals surface area contributed by atoms with E-state index >= 15 is 0 Å². The van der Waals surface area contributed by atoms with Crippen LogP contribution in [-0.2, 0) is 4.74 Å². The number of aromatic nitrogens is 2. The first-order valence-corrected chi connectivity index (χ1v) is 6.60. The van der Waals surface area contributed by atoms with Gasteiger partial charge in [0, 0.05) is 13.2 Å². The minimum absolute atomic E-state index is 0.0336. The zero-order chi connectivity index (χ0) is 14.5. The van der Waals surface area contributed by atoms with Gasteiger partial charge < -0.3 is 10.1 Å². The molecule has 1 aromatic carbocycles. The third-order valence-corrected chi connectivity index (χ3v) is 3.10. The number of hydrogen-bond acceptors (Lipinski definition) is 4. The smallest absolute Gasteiger partial charge is 0.292 e. The second kappa shape index (κ2) is 6.54. The van der Waals surface area contributed by atoms with Gasteiger partial charge in [-0.3, -0.25) is 4.79 Å². The lowest BCUT2D eigenvalue weighted by atomic mass is 10.3. The van der Waals surface area contributed by atoms with E-state index in [-0.39, 0.29) is 16.6 Å². The summed E-state index contributed by atoms with van der Waals surface area (Å²) in [7, 11) is 1.62. The van der Waals surface area contributed by atoms with E-state index in [4.69, 9.17) is 16.3 Å². The van der Waals surface area contributed by atoms with Gasteiger partial charge in [0.05, 0.1) is 24.2 Å². The van der Waals surface area contributed by atoms with Crippen LogP contribution >= 0.6 is 11.6 Å². The zero-order valence-electron chi connectivity index (χ0n) is 11.3. The molecule has 20 heavy (non-hydrogen) atoms. The van der Waals surface area contributed by atoms with Crippen molar-refractivity contribution in [2.45, 2.75) is 13.0 Å². The summed E-state index contributed by atoms with van der Waals surface area (Å²) in [6, 6.07) is 9.18. The van der Waals surface area contributed by atoms with Gasteiger partial charge in [-0.1, -0.05) is 29.8 Å². The van der Waals surface area contributed by atoms with E-state index in [1.807, 2.05) is 25.1 Å². The minimum atomic E-state index is -0.354. The highest BCUT2D eigenvalue weighted by Gasteiger charge is 2.12. The predicted octanol–water partition coefficient (Wildman–Crippen LogP) is 2.33. The summed E-state index contributed by atoms with van der Waals surface area (Å²) in [5, 5.41) is 7.35. The molecule has 6 heteroatoms. The van der Waals surface area contributed by atoms with Gasteiger partial charge in [-0.15, -0.1) is 0 Å². The molecular weight excluding hydrogens is 278 g/mol. The summed E-state index contributed by atoms with van der Waals surface area (Å²) in [6.07, 6.45) is 1.54. The summed E-state index contributed by atoms with van der Waals surface area (Å²) in [5.41, 5.74) is 0.830. The molecule has 1 aromatic heterocycles. The average molecular weight is 294 g/mol. The minimum Gasteiger partial charge on any atom is -0.383 e. The molecule has 0 unspecified atom stereocenters. The van der Waals surface area contributed by atoms with E-state index in [1.165, 1.54) is 4.68 Å². The standard InChI is InChI=1S/C14H16ClN3O2/c1-10(9-20-2)17-12-8-16-18(14(19)13(12)15)11-6-4-3-5-7-11/h3-8,10,17H,9H2,1-2H3/t10-/m0/s1. The van der Waals surface area contributed by atoms with Crippen LogP contribution in [0.3, 0.4) is 0 Å². The Labute approximate surface area is 122 Å². The van der Waals surface area contributed by atoms with Crippen LogP contribution in [0.1, 0.15) is 6.92 Å². The Balaban J connectivity index is 2.33. The van der Waals surface area contributed by atoms with Crippen LogP contribution in [-0.4, -0.2) is 29.5 Å². The van der Waals surface area contributed by atoms with Crippen molar-refractivity contribution < 1.29 is 4.74 Å². The van der Waals surface area contributed by atoms with Crippen LogP contribution in [0.5, 0.6) is 0 Å². The van der Waals surface area contributed by atoms with E-state index < -0.39 is 0 Å². The van der Waals surface area contributed by atoms with Crippen molar-refractivity contribution in [3.63, 3.8) is 0 Å². The Morgan fingerprint density at radius 3 is 2.75 bits per heavy atom. The van der Waals surface area contributed by atoms with Crippen LogP contribution in [0.4, 0.5) is 5.69 Å². The Morgan fingerprint density at radius 2 is 2.10 bits per heavy atom. The molecule has 0 aliphatic rings. The van der Waals surface area contributed by atoms with Crippen LogP contribution in [0.25, 0.3) is 5.69 Å². The number of para-hydroxylation sites is 1. The van der Waals surface area contributed by atoms with Crippen LogP contribution in [0.15, 0.2) is 41.3 Å². The summed E-state index contributed by atoms with van der Waals surface area (Å²) >= 11 is 6.12. The van der Waals surface area contributed by atoms with Crippen LogP contribution in [0.2, 0.25) is 5.02 Å². The summed E-state index contributed by atoms with van der Waals surface area (Å²) < 4.78 is 6.30. The van der Waals surface area contributed by atoms with Crippen molar-refractivity contribution in [1.82, 2.24) is 9.78 Å². The largest absolute Gasteiger partial charge is 0.383 e. The van der Waals surface area contributed by atoms with E-state index in [0.717, 1.165) is 0 Å². The van der Waals surface area contributed by atoms with Gasteiger partial charge in [-0.25, -0.2) is 0 Å². The number of halogens is 1. The van der Waals surface area contributed by atoms with E-state index in [2.05, 4.69) is 10.4 Å². The molecule has 0 spiro atoms. The fourth-order valence-corrected chi connectivity index (χ4v) is 2.03. The van der Waals surface area contributed by atoms with Gasteiger partial charge in [0.25, 0.3) is 5.56 Å². The van der Waals surface area contributed by atoms with Crippen molar-refractivity contribution in [3.05, 3.63) is 51.9 Å². The molecule has 0 amide bonds. The molecule has 0 fully saturated rings. The summed E-state index contributed by atoms with van der Waals surface area (Å²) in [5.74, 6) is 0. The third-order valence-electron chi connectivity index (χ3n) is 2.74. The molecule has 2 rings (SSSR count). The number of ether oxygens (including phenoxy) is 1. The SMILES string of the molecule is COC[C@H](C)Nc1cnn(-c2ccccc2)c(=O)c1Cl. The predicted molar refractivity (Wildman–Crippen MR) is 79.8 cm³/mol. The first-order valence-electron chi connectivity index (χ1n) is 6.22. The average Bonchev–Trinajstić information content (AvgIpc) is 2.45. The zero-order valence-corrected chi connectivity index (χ0v) is 12.1. The lowest BCUT2D eigenvalue weighted by molar-refractivity contribution is 0.190. The normalized spacial score (nSPS) is 12.2. The quantitative estimate of drug-likeness (QED) is 0.919. The second-order valence-corrected chi connectivity index (χ2v) is 4.80. The maximum atomic E-state index is 12.2. The first-order chi connectivity index (χ1) is 9.63. The van der Waals surface area contributed by atoms with Crippen molar-refractivity contribution in [2.24, 2.45) is 0 Å². The molecule has 0 radical (unpaired) electrons. The molecule has 5 nitrogen and oxygen atoms in total. The highest BCUT2D eigenvalue weighted by atomic mass is 35.5. The number of anilines is 1. The second-order valence-electron chi connectivity index (χ2n) is 4.43. The highest BCUT2D eigenvalue weighted by Crippen LogP contribution is 2.17. The van der Waals surface area contributed by atoms with Crippen molar-refractivity contribution in [1.29, 1.82) is 0 Å². The number of hydrogen-bond donors (Lipinski definition) is 1. The maximum Gasteiger partial charge on any atom is 0.292 e. The molecule has 0 aliphatic heterocycles. The van der Waals surface area contributed by atoms with Crippen LogP contribution < -0.4 is 10.9 Å². The van der Waals surface area contributed by atoms with E-state index in [0.29, 0.717) is 18.0 Å². The highest BCUT2D eigenvalue weighted by molar-refractivity contribution is 6.32. The first kappa shape index (κ1) is 14.6. The molecule has 0 saturated carbocycles. The van der Waals surface area contributed by atoms with Crippen molar-refractivity contribution >= 4 is 17.3 Å². The van der Waals surface area contributed by atoms with E-state index in [1.54, 1.807) is 25.4 Å². The Bertz CT molecular complexity index is 628. The fraction of sp³-hybridized carbons (Fsp3) is 0.286. The van der Waals surface area contributed by atoms with Gasteiger partial charge in [-0.2, -0.15) is 9.78 Å². The van der Waals surface area contributed by atoms with Gasteiger partial charge in [0.15, 0.2) is 0 Å². The van der Waals surface area contributed by atoms with E-state index in [9.17, 15) is 4.79 Å². The summed E-state index contributed by atoms with van der Waals surface area (Å²) in [4.78, 5) is 12.2. The molecule has 0 bridgehead atoms.